The van der Waals surface area contributed by atoms with Crippen LogP contribution < -0.4 is 0 Å². The van der Waals surface area contributed by atoms with Crippen LogP contribution >= 0.6 is 0 Å². The van der Waals surface area contributed by atoms with Crippen molar-refractivity contribution in [3.8, 4) is 11.8 Å². The van der Waals surface area contributed by atoms with Crippen molar-refractivity contribution in [2.45, 2.75) is 44.5 Å². The summed E-state index contributed by atoms with van der Waals surface area (Å²) in [5.74, 6) is 4.98. The minimum absolute atomic E-state index is 0.174. The predicted octanol–water partition coefficient (Wildman–Crippen LogP) is 2.64. The van der Waals surface area contributed by atoms with Crippen LogP contribution in [0.1, 0.15) is 36.8 Å². The van der Waals surface area contributed by atoms with Gasteiger partial charge in [0.05, 0.1) is 18.8 Å². The molecule has 0 radical (unpaired) electrons. The van der Waals surface area contributed by atoms with Gasteiger partial charge in [-0.1, -0.05) is 17.9 Å². The molecule has 0 aliphatic heterocycles. The van der Waals surface area contributed by atoms with E-state index in [4.69, 9.17) is 14.6 Å². The molecule has 2 unspecified atom stereocenters. The van der Waals surface area contributed by atoms with E-state index in [0.29, 0.717) is 12.2 Å². The van der Waals surface area contributed by atoms with Crippen LogP contribution in [0.5, 0.6) is 0 Å². The van der Waals surface area contributed by atoms with Gasteiger partial charge < -0.3 is 14.6 Å². The Labute approximate surface area is 125 Å². The molecule has 0 saturated heterocycles. The average molecular weight is 292 g/mol. The maximum Gasteiger partial charge on any atom is 0.124 e. The third-order valence-corrected chi connectivity index (χ3v) is 3.76. The zero-order valence-electron chi connectivity index (χ0n) is 12.3. The second kappa shape index (κ2) is 8.14. The number of ether oxygens (including phenoxy) is 2. The quantitative estimate of drug-likeness (QED) is 0.867. The Kier molecular flexibility index (Phi) is 6.19. The fourth-order valence-electron chi connectivity index (χ4n) is 2.60. The van der Waals surface area contributed by atoms with E-state index in [1.807, 2.05) is 0 Å². The number of aliphatic hydroxyl groups is 1. The standard InChI is InChI=1S/C17H21FO3/c1-20-16-5-2-6-17(11-16)21-12-14-7-8-15(18)10-13(14)4-3-9-19/h7-8,10,16-17,19H,2,5-6,9,11-12H2,1H3. The van der Waals surface area contributed by atoms with Crippen molar-refractivity contribution in [3.05, 3.63) is 35.1 Å². The SMILES string of the molecule is COC1CCCC(OCc2ccc(F)cc2C#CCO)C1. The van der Waals surface area contributed by atoms with Crippen molar-refractivity contribution in [3.63, 3.8) is 0 Å². The first-order valence-corrected chi connectivity index (χ1v) is 7.25. The molecular weight excluding hydrogens is 271 g/mol. The Bertz CT molecular complexity index is 519. The lowest BCUT2D eigenvalue weighted by Crippen LogP contribution is -2.27. The molecule has 114 valence electrons. The lowest BCUT2D eigenvalue weighted by molar-refractivity contribution is -0.0363. The first-order chi connectivity index (χ1) is 10.2. The molecule has 1 aliphatic carbocycles. The second-order valence-corrected chi connectivity index (χ2v) is 5.22. The number of rotatable bonds is 4. The van der Waals surface area contributed by atoms with Gasteiger partial charge in [0.2, 0.25) is 0 Å². The fourth-order valence-corrected chi connectivity index (χ4v) is 2.60. The monoisotopic (exact) mass is 292 g/mol. The summed E-state index contributed by atoms with van der Waals surface area (Å²) in [7, 11) is 1.73. The minimum atomic E-state index is -0.335. The molecule has 0 amide bonds. The Morgan fingerprint density at radius 3 is 2.90 bits per heavy atom. The number of benzene rings is 1. The Morgan fingerprint density at radius 1 is 1.33 bits per heavy atom. The van der Waals surface area contributed by atoms with E-state index >= 15 is 0 Å². The van der Waals surface area contributed by atoms with Gasteiger partial charge in [0.15, 0.2) is 0 Å². The number of hydrogen-bond acceptors (Lipinski definition) is 3. The number of methoxy groups -OCH3 is 1. The van der Waals surface area contributed by atoms with Gasteiger partial charge in [0.1, 0.15) is 12.4 Å². The molecule has 2 atom stereocenters. The zero-order chi connectivity index (χ0) is 15.1. The second-order valence-electron chi connectivity index (χ2n) is 5.22. The molecule has 0 spiro atoms. The maximum atomic E-state index is 13.3. The van der Waals surface area contributed by atoms with Crippen LogP contribution in [0.2, 0.25) is 0 Å². The summed E-state index contributed by atoms with van der Waals surface area (Å²) in [6.07, 6.45) is 4.55. The van der Waals surface area contributed by atoms with Gasteiger partial charge in [0, 0.05) is 12.7 Å². The van der Waals surface area contributed by atoms with Crippen molar-refractivity contribution in [2.75, 3.05) is 13.7 Å². The minimum Gasteiger partial charge on any atom is -0.384 e. The summed E-state index contributed by atoms with van der Waals surface area (Å²) < 4.78 is 24.6. The molecule has 0 heterocycles. The van der Waals surface area contributed by atoms with Gasteiger partial charge in [-0.05, 0) is 43.4 Å². The highest BCUT2D eigenvalue weighted by molar-refractivity contribution is 5.41. The molecule has 0 bridgehead atoms. The van der Waals surface area contributed by atoms with Gasteiger partial charge in [0.25, 0.3) is 0 Å². The number of halogens is 1. The maximum absolute atomic E-state index is 13.3. The largest absolute Gasteiger partial charge is 0.384 e. The Hall–Kier alpha value is -1.41. The van der Waals surface area contributed by atoms with E-state index in [0.717, 1.165) is 31.2 Å². The summed E-state index contributed by atoms with van der Waals surface area (Å²) in [4.78, 5) is 0. The highest BCUT2D eigenvalue weighted by Gasteiger charge is 2.22. The molecule has 1 N–H and O–H groups in total. The van der Waals surface area contributed by atoms with Gasteiger partial charge in [-0.2, -0.15) is 0 Å². The van der Waals surface area contributed by atoms with Crippen LogP contribution in [0.3, 0.4) is 0 Å². The van der Waals surface area contributed by atoms with E-state index < -0.39 is 0 Å². The summed E-state index contributed by atoms with van der Waals surface area (Å²) in [6.45, 7) is 0.159. The molecule has 21 heavy (non-hydrogen) atoms. The van der Waals surface area contributed by atoms with Gasteiger partial charge in [-0.25, -0.2) is 4.39 Å². The molecule has 0 aromatic heterocycles. The topological polar surface area (TPSA) is 38.7 Å². The molecule has 1 aliphatic rings. The van der Waals surface area contributed by atoms with Crippen molar-refractivity contribution in [1.29, 1.82) is 0 Å². The molecule has 4 heteroatoms. The first kappa shape index (κ1) is 16.0. The highest BCUT2D eigenvalue weighted by Crippen LogP contribution is 2.24. The summed E-state index contributed by atoms with van der Waals surface area (Å²) >= 11 is 0. The van der Waals surface area contributed by atoms with E-state index in [9.17, 15) is 4.39 Å². The normalized spacial score (nSPS) is 21.7. The van der Waals surface area contributed by atoms with Crippen molar-refractivity contribution < 1.29 is 19.0 Å². The Balaban J connectivity index is 1.99. The van der Waals surface area contributed by atoms with Crippen LogP contribution in [0, 0.1) is 17.7 Å². The lowest BCUT2D eigenvalue weighted by Gasteiger charge is -2.28. The number of hydrogen-bond donors (Lipinski definition) is 1. The average Bonchev–Trinajstić information content (AvgIpc) is 2.52. The van der Waals surface area contributed by atoms with Crippen LogP contribution in [-0.4, -0.2) is 31.0 Å². The molecule has 3 nitrogen and oxygen atoms in total. The van der Waals surface area contributed by atoms with E-state index in [-0.39, 0.29) is 24.6 Å². The van der Waals surface area contributed by atoms with Gasteiger partial charge in [-0.3, -0.25) is 0 Å². The third-order valence-electron chi connectivity index (χ3n) is 3.76. The fraction of sp³-hybridized carbons (Fsp3) is 0.529. The van der Waals surface area contributed by atoms with Crippen molar-refractivity contribution in [2.24, 2.45) is 0 Å². The smallest absolute Gasteiger partial charge is 0.124 e. The van der Waals surface area contributed by atoms with Crippen molar-refractivity contribution >= 4 is 0 Å². The van der Waals surface area contributed by atoms with Crippen LogP contribution in [-0.2, 0) is 16.1 Å². The lowest BCUT2D eigenvalue weighted by atomic mass is 9.95. The predicted molar refractivity (Wildman–Crippen MR) is 78.2 cm³/mol. The van der Waals surface area contributed by atoms with Crippen LogP contribution in [0.25, 0.3) is 0 Å². The Morgan fingerprint density at radius 2 is 2.14 bits per heavy atom. The zero-order valence-corrected chi connectivity index (χ0v) is 12.3. The van der Waals surface area contributed by atoms with Crippen LogP contribution in [0.4, 0.5) is 4.39 Å². The molecule has 1 aromatic carbocycles. The summed E-state index contributed by atoms with van der Waals surface area (Å²) in [6, 6.07) is 4.47. The van der Waals surface area contributed by atoms with E-state index in [2.05, 4.69) is 11.8 Å². The molecule has 1 saturated carbocycles. The van der Waals surface area contributed by atoms with E-state index in [1.165, 1.54) is 12.1 Å². The molecule has 1 aromatic rings. The molecule has 1 fully saturated rings. The molecular formula is C17H21FO3. The first-order valence-electron chi connectivity index (χ1n) is 7.25. The molecule has 2 rings (SSSR count). The summed E-state index contributed by atoms with van der Waals surface area (Å²) in [5, 5.41) is 8.77. The third kappa shape index (κ3) is 4.82. The van der Waals surface area contributed by atoms with E-state index in [1.54, 1.807) is 13.2 Å². The van der Waals surface area contributed by atoms with Crippen molar-refractivity contribution in [1.82, 2.24) is 0 Å². The highest BCUT2D eigenvalue weighted by atomic mass is 19.1. The van der Waals surface area contributed by atoms with Gasteiger partial charge in [-0.15, -0.1) is 0 Å². The van der Waals surface area contributed by atoms with Crippen LogP contribution in [0.15, 0.2) is 18.2 Å². The summed E-state index contributed by atoms with van der Waals surface area (Å²) in [5.41, 5.74) is 1.42. The number of aliphatic hydroxyl groups excluding tert-OH is 1. The van der Waals surface area contributed by atoms with Gasteiger partial charge >= 0.3 is 0 Å².